The van der Waals surface area contributed by atoms with Crippen LogP contribution in [0.4, 0.5) is 0 Å². The molecule has 0 saturated carbocycles. The van der Waals surface area contributed by atoms with Crippen LogP contribution in [-0.2, 0) is 16.1 Å². The van der Waals surface area contributed by atoms with Gasteiger partial charge in [0.15, 0.2) is 0 Å². The fourth-order valence-electron chi connectivity index (χ4n) is 4.35. The number of nitrogens with zero attached hydrogens (tertiary/aromatic N) is 1. The van der Waals surface area contributed by atoms with Gasteiger partial charge >= 0.3 is 0 Å². The molecule has 192 valence electrons. The van der Waals surface area contributed by atoms with E-state index in [1.165, 1.54) is 4.90 Å². The van der Waals surface area contributed by atoms with Gasteiger partial charge in [-0.05, 0) is 70.2 Å². The van der Waals surface area contributed by atoms with Crippen molar-refractivity contribution in [1.29, 1.82) is 0 Å². The van der Waals surface area contributed by atoms with Crippen molar-refractivity contribution in [3.05, 3.63) is 99.0 Å². The number of likely N-dealkylation sites (tertiary alicyclic amines) is 1. The van der Waals surface area contributed by atoms with E-state index in [9.17, 15) is 14.7 Å². The minimum absolute atomic E-state index is 0.0598. The van der Waals surface area contributed by atoms with E-state index in [1.807, 2.05) is 55.5 Å². The molecule has 1 unspecified atom stereocenters. The molecule has 0 radical (unpaired) electrons. The van der Waals surface area contributed by atoms with Gasteiger partial charge in [-0.1, -0.05) is 55.8 Å². The van der Waals surface area contributed by atoms with Crippen LogP contribution in [0.25, 0.3) is 5.76 Å². The van der Waals surface area contributed by atoms with Gasteiger partial charge in [0, 0.05) is 12.1 Å². The van der Waals surface area contributed by atoms with Crippen molar-refractivity contribution in [1.82, 2.24) is 4.90 Å². The Morgan fingerprint density at radius 1 is 1.05 bits per heavy atom. The molecule has 0 aliphatic carbocycles. The summed E-state index contributed by atoms with van der Waals surface area (Å²) in [4.78, 5) is 28.2. The standard InChI is InChI=1S/C30H30BrNO5/c1-18(2)17-37-23-11-8-20(9-12-23)16-32-27(21-7-5-6-19(3)14-21)26(29(34)30(32)35)28(33)22-10-13-25(36-4)24(31)15-22/h5-15,18,27,33H,16-17H2,1-4H3/b28-26-. The van der Waals surface area contributed by atoms with Gasteiger partial charge in [0.05, 0.1) is 29.8 Å². The lowest BCUT2D eigenvalue weighted by molar-refractivity contribution is -0.140. The highest BCUT2D eigenvalue weighted by atomic mass is 79.9. The van der Waals surface area contributed by atoms with Gasteiger partial charge in [0.2, 0.25) is 0 Å². The highest BCUT2D eigenvalue weighted by Gasteiger charge is 2.46. The zero-order chi connectivity index (χ0) is 26.7. The Labute approximate surface area is 225 Å². The Hall–Kier alpha value is -3.58. The number of benzene rings is 3. The summed E-state index contributed by atoms with van der Waals surface area (Å²) in [6.07, 6.45) is 0. The first-order valence-corrected chi connectivity index (χ1v) is 12.9. The molecule has 1 fully saturated rings. The fraction of sp³-hybridized carbons (Fsp3) is 0.267. The number of carbonyl (C=O) groups excluding carboxylic acids is 2. The molecule has 1 heterocycles. The number of Topliss-reactive ketones (excluding diaryl/α,β-unsaturated/α-hetero) is 1. The summed E-state index contributed by atoms with van der Waals surface area (Å²) < 4.78 is 11.7. The number of aliphatic hydroxyl groups is 1. The zero-order valence-corrected chi connectivity index (χ0v) is 22.9. The third kappa shape index (κ3) is 5.72. The summed E-state index contributed by atoms with van der Waals surface area (Å²) in [7, 11) is 1.55. The molecule has 1 aliphatic rings. The van der Waals surface area contributed by atoms with Gasteiger partial charge in [-0.15, -0.1) is 0 Å². The van der Waals surface area contributed by atoms with Gasteiger partial charge in [0.25, 0.3) is 11.7 Å². The Morgan fingerprint density at radius 3 is 2.41 bits per heavy atom. The van der Waals surface area contributed by atoms with Crippen LogP contribution < -0.4 is 9.47 Å². The van der Waals surface area contributed by atoms with E-state index >= 15 is 0 Å². The van der Waals surface area contributed by atoms with E-state index in [1.54, 1.807) is 25.3 Å². The molecule has 3 aromatic carbocycles. The molecule has 37 heavy (non-hydrogen) atoms. The molecule has 6 nitrogen and oxygen atoms in total. The molecule has 1 N–H and O–H groups in total. The number of methoxy groups -OCH3 is 1. The molecule has 1 amide bonds. The number of aliphatic hydroxyl groups excluding tert-OH is 1. The number of hydrogen-bond acceptors (Lipinski definition) is 5. The second-order valence-electron chi connectivity index (χ2n) is 9.54. The van der Waals surface area contributed by atoms with Gasteiger partial charge in [0.1, 0.15) is 17.3 Å². The molecule has 0 spiro atoms. The first kappa shape index (κ1) is 26.5. The van der Waals surface area contributed by atoms with Crippen molar-refractivity contribution < 1.29 is 24.2 Å². The summed E-state index contributed by atoms with van der Waals surface area (Å²) in [6.45, 7) is 6.94. The van der Waals surface area contributed by atoms with Crippen molar-refractivity contribution in [2.75, 3.05) is 13.7 Å². The topological polar surface area (TPSA) is 76.1 Å². The normalized spacial score (nSPS) is 16.9. The summed E-state index contributed by atoms with van der Waals surface area (Å²) >= 11 is 3.43. The first-order valence-electron chi connectivity index (χ1n) is 12.1. The van der Waals surface area contributed by atoms with Crippen LogP contribution in [0.2, 0.25) is 0 Å². The highest BCUT2D eigenvalue weighted by Crippen LogP contribution is 2.41. The molecule has 1 aliphatic heterocycles. The Kier molecular flexibility index (Phi) is 8.03. The quantitative estimate of drug-likeness (QED) is 0.194. The third-order valence-corrected chi connectivity index (χ3v) is 6.80. The van der Waals surface area contributed by atoms with Crippen molar-refractivity contribution in [2.45, 2.75) is 33.4 Å². The van der Waals surface area contributed by atoms with E-state index < -0.39 is 17.7 Å². The summed E-state index contributed by atoms with van der Waals surface area (Å²) in [5, 5.41) is 11.3. The number of ketones is 1. The summed E-state index contributed by atoms with van der Waals surface area (Å²) in [5.74, 6) is 0.154. The van der Waals surface area contributed by atoms with Crippen LogP contribution in [-0.4, -0.2) is 35.4 Å². The molecular formula is C30H30BrNO5. The van der Waals surface area contributed by atoms with Crippen LogP contribution in [0.5, 0.6) is 11.5 Å². The Balaban J connectivity index is 1.75. The Morgan fingerprint density at radius 2 is 1.78 bits per heavy atom. The van der Waals surface area contributed by atoms with Crippen molar-refractivity contribution in [2.24, 2.45) is 5.92 Å². The Bertz CT molecular complexity index is 1350. The van der Waals surface area contributed by atoms with E-state index in [4.69, 9.17) is 9.47 Å². The zero-order valence-electron chi connectivity index (χ0n) is 21.3. The molecule has 1 atom stereocenters. The smallest absolute Gasteiger partial charge is 0.295 e. The molecule has 4 rings (SSSR count). The molecule has 7 heteroatoms. The molecule has 0 aromatic heterocycles. The molecule has 0 bridgehead atoms. The number of carbonyl (C=O) groups is 2. The number of ether oxygens (including phenoxy) is 2. The van der Waals surface area contributed by atoms with Crippen molar-refractivity contribution in [3.63, 3.8) is 0 Å². The minimum Gasteiger partial charge on any atom is -0.507 e. The monoisotopic (exact) mass is 563 g/mol. The minimum atomic E-state index is -0.738. The second kappa shape index (κ2) is 11.2. The van der Waals surface area contributed by atoms with Crippen LogP contribution in [0.15, 0.2) is 76.8 Å². The van der Waals surface area contributed by atoms with Crippen LogP contribution in [0.1, 0.15) is 42.1 Å². The maximum atomic E-state index is 13.3. The van der Waals surface area contributed by atoms with Crippen molar-refractivity contribution in [3.8, 4) is 11.5 Å². The predicted octanol–water partition coefficient (Wildman–Crippen LogP) is 6.42. The van der Waals surface area contributed by atoms with Gasteiger partial charge < -0.3 is 19.5 Å². The largest absolute Gasteiger partial charge is 0.507 e. The van der Waals surface area contributed by atoms with Crippen molar-refractivity contribution >= 4 is 33.4 Å². The van der Waals surface area contributed by atoms with E-state index in [0.717, 1.165) is 22.4 Å². The average Bonchev–Trinajstić information content (AvgIpc) is 3.12. The number of hydrogen-bond donors (Lipinski definition) is 1. The summed E-state index contributed by atoms with van der Waals surface area (Å²) in [5.41, 5.74) is 3.07. The second-order valence-corrected chi connectivity index (χ2v) is 10.4. The number of aryl methyl sites for hydroxylation is 1. The molecular weight excluding hydrogens is 534 g/mol. The number of rotatable bonds is 8. The van der Waals surface area contributed by atoms with Crippen LogP contribution in [0.3, 0.4) is 0 Å². The maximum Gasteiger partial charge on any atom is 0.295 e. The van der Waals surface area contributed by atoms with E-state index in [-0.39, 0.29) is 17.9 Å². The lowest BCUT2D eigenvalue weighted by atomic mass is 9.94. The van der Waals surface area contributed by atoms with Gasteiger partial charge in [-0.3, -0.25) is 9.59 Å². The SMILES string of the molecule is COc1ccc(/C(O)=C2/C(=O)C(=O)N(Cc3ccc(OCC(C)C)cc3)C2c2cccc(C)c2)cc1Br. The van der Waals surface area contributed by atoms with Crippen LogP contribution in [0, 0.1) is 12.8 Å². The first-order chi connectivity index (χ1) is 17.7. The van der Waals surface area contributed by atoms with E-state index in [0.29, 0.717) is 28.3 Å². The average molecular weight is 564 g/mol. The lowest BCUT2D eigenvalue weighted by Crippen LogP contribution is -2.29. The summed E-state index contributed by atoms with van der Waals surface area (Å²) in [6, 6.07) is 19.4. The van der Waals surface area contributed by atoms with Gasteiger partial charge in [-0.2, -0.15) is 0 Å². The fourth-order valence-corrected chi connectivity index (χ4v) is 4.89. The predicted molar refractivity (Wildman–Crippen MR) is 146 cm³/mol. The third-order valence-electron chi connectivity index (χ3n) is 6.18. The maximum absolute atomic E-state index is 13.3. The molecule has 1 saturated heterocycles. The number of halogens is 1. The molecule has 3 aromatic rings. The lowest BCUT2D eigenvalue weighted by Gasteiger charge is -2.26. The van der Waals surface area contributed by atoms with Crippen LogP contribution >= 0.6 is 15.9 Å². The highest BCUT2D eigenvalue weighted by molar-refractivity contribution is 9.10. The van der Waals surface area contributed by atoms with E-state index in [2.05, 4.69) is 29.8 Å². The van der Waals surface area contributed by atoms with Gasteiger partial charge in [-0.25, -0.2) is 0 Å². The number of amides is 1.